The van der Waals surface area contributed by atoms with E-state index in [2.05, 4.69) is 24.0 Å². The van der Waals surface area contributed by atoms with Gasteiger partial charge in [-0.05, 0) is 61.5 Å². The van der Waals surface area contributed by atoms with Crippen molar-refractivity contribution in [1.82, 2.24) is 14.1 Å². The van der Waals surface area contributed by atoms with Gasteiger partial charge in [-0.3, -0.25) is 0 Å². The van der Waals surface area contributed by atoms with Crippen LogP contribution in [0.5, 0.6) is 0 Å². The highest BCUT2D eigenvalue weighted by Crippen LogP contribution is 2.35. The Kier molecular flexibility index (Phi) is 9.12. The van der Waals surface area contributed by atoms with E-state index in [1.807, 2.05) is 59.5 Å². The summed E-state index contributed by atoms with van der Waals surface area (Å²) >= 11 is 0. The zero-order chi connectivity index (χ0) is 28.9. The van der Waals surface area contributed by atoms with Crippen molar-refractivity contribution in [3.05, 3.63) is 102 Å². The van der Waals surface area contributed by atoms with Crippen molar-refractivity contribution in [3.8, 4) is 0 Å². The summed E-state index contributed by atoms with van der Waals surface area (Å²) in [5.41, 5.74) is 1.72. The molecule has 0 aromatic heterocycles. The lowest BCUT2D eigenvalue weighted by Crippen LogP contribution is -2.51. The minimum absolute atomic E-state index is 0.149. The van der Waals surface area contributed by atoms with Gasteiger partial charge in [-0.1, -0.05) is 85.8 Å². The van der Waals surface area contributed by atoms with Crippen LogP contribution in [0, 0.1) is 5.92 Å². The molecular formula is C33H41N3O4S. The van der Waals surface area contributed by atoms with Crippen molar-refractivity contribution >= 4 is 16.1 Å². The minimum Gasteiger partial charge on any atom is -0.445 e. The van der Waals surface area contributed by atoms with E-state index in [9.17, 15) is 13.2 Å². The maximum absolute atomic E-state index is 13.4. The van der Waals surface area contributed by atoms with Crippen molar-refractivity contribution < 1.29 is 17.9 Å². The smallest absolute Gasteiger partial charge is 0.410 e. The molecule has 2 unspecified atom stereocenters. The summed E-state index contributed by atoms with van der Waals surface area (Å²) < 4.78 is 33.9. The summed E-state index contributed by atoms with van der Waals surface area (Å²) in [5, 5.41) is 0. The largest absolute Gasteiger partial charge is 0.445 e. The van der Waals surface area contributed by atoms with E-state index in [1.165, 1.54) is 4.31 Å². The van der Waals surface area contributed by atoms with Crippen molar-refractivity contribution in [2.24, 2.45) is 5.92 Å². The number of benzene rings is 3. The fraction of sp³-hybridized carbons (Fsp3) is 0.424. The van der Waals surface area contributed by atoms with Crippen LogP contribution in [0.15, 0.2) is 95.9 Å². The van der Waals surface area contributed by atoms with Crippen molar-refractivity contribution in [1.29, 1.82) is 0 Å². The number of amides is 1. The lowest BCUT2D eigenvalue weighted by atomic mass is 9.79. The normalized spacial score (nSPS) is 20.9. The van der Waals surface area contributed by atoms with Gasteiger partial charge in [-0.15, -0.1) is 0 Å². The topological polar surface area (TPSA) is 70.2 Å². The molecule has 0 saturated carbocycles. The number of hydrogen-bond donors (Lipinski definition) is 0. The van der Waals surface area contributed by atoms with E-state index < -0.39 is 15.4 Å². The number of nitrogens with zero attached hydrogens (tertiary/aromatic N) is 3. The zero-order valence-corrected chi connectivity index (χ0v) is 24.9. The molecule has 2 aliphatic heterocycles. The Morgan fingerprint density at radius 2 is 1.54 bits per heavy atom. The molecule has 1 amide bonds. The molecule has 0 bridgehead atoms. The number of piperidine rings is 1. The summed E-state index contributed by atoms with van der Waals surface area (Å²) in [7, 11) is -1.94. The average Bonchev–Trinajstić information content (AvgIpc) is 3.44. The van der Waals surface area contributed by atoms with Gasteiger partial charge in [-0.2, -0.15) is 0 Å². The first kappa shape index (κ1) is 29.3. The summed E-state index contributed by atoms with van der Waals surface area (Å²) in [5.74, 6) is 0.498. The highest BCUT2D eigenvalue weighted by Gasteiger charge is 2.42. The van der Waals surface area contributed by atoms with Gasteiger partial charge in [0.2, 0.25) is 10.0 Å². The van der Waals surface area contributed by atoms with Crippen LogP contribution in [0.25, 0.3) is 0 Å². The number of fused-ring (bicyclic) bond motifs is 1. The molecule has 3 atom stereocenters. The van der Waals surface area contributed by atoms with Crippen LogP contribution in [-0.4, -0.2) is 74.4 Å². The molecule has 41 heavy (non-hydrogen) atoms. The summed E-state index contributed by atoms with van der Waals surface area (Å²) in [4.78, 5) is 17.7. The molecule has 0 spiro atoms. The monoisotopic (exact) mass is 575 g/mol. The maximum atomic E-state index is 13.4. The summed E-state index contributed by atoms with van der Waals surface area (Å²) in [6.45, 7) is 6.17. The third-order valence-electron chi connectivity index (χ3n) is 8.86. The van der Waals surface area contributed by atoms with Gasteiger partial charge in [0.15, 0.2) is 0 Å². The SMILES string of the molecule is CN(C[C@@](C)(CCN1CCC2CCN(C(=O)OCc3ccccc3)C2C1)c1ccccc1)S(=O)(=O)c1ccccc1. The van der Waals surface area contributed by atoms with Crippen LogP contribution >= 0.6 is 0 Å². The highest BCUT2D eigenvalue weighted by atomic mass is 32.2. The molecule has 2 saturated heterocycles. The van der Waals surface area contributed by atoms with E-state index >= 15 is 0 Å². The molecular weight excluding hydrogens is 534 g/mol. The first-order chi connectivity index (χ1) is 19.8. The third kappa shape index (κ3) is 6.83. The molecule has 2 heterocycles. The third-order valence-corrected chi connectivity index (χ3v) is 10.7. The second kappa shape index (κ2) is 12.8. The number of carbonyl (C=O) groups is 1. The first-order valence-electron chi connectivity index (χ1n) is 14.5. The first-order valence-corrected chi connectivity index (χ1v) is 16.0. The second-order valence-electron chi connectivity index (χ2n) is 11.7. The van der Waals surface area contributed by atoms with E-state index in [4.69, 9.17) is 4.74 Å². The van der Waals surface area contributed by atoms with Gasteiger partial charge in [0.1, 0.15) is 6.61 Å². The second-order valence-corrected chi connectivity index (χ2v) is 13.7. The van der Waals surface area contributed by atoms with E-state index in [0.717, 1.165) is 56.6 Å². The fourth-order valence-electron chi connectivity index (χ4n) is 6.35. The number of sulfonamides is 1. The van der Waals surface area contributed by atoms with Crippen LogP contribution in [-0.2, 0) is 26.8 Å². The molecule has 8 heteroatoms. The Hall–Kier alpha value is -3.20. The molecule has 3 aromatic rings. The molecule has 0 aliphatic carbocycles. The van der Waals surface area contributed by atoms with Crippen LogP contribution in [0.3, 0.4) is 0 Å². The minimum atomic E-state index is -3.62. The van der Waals surface area contributed by atoms with Gasteiger partial charge in [0, 0.05) is 32.1 Å². The van der Waals surface area contributed by atoms with Crippen LogP contribution < -0.4 is 0 Å². The van der Waals surface area contributed by atoms with E-state index in [0.29, 0.717) is 17.4 Å². The average molecular weight is 576 g/mol. The predicted molar refractivity (Wildman–Crippen MR) is 161 cm³/mol. The Labute approximate surface area is 244 Å². The molecule has 2 aliphatic rings. The molecule has 2 fully saturated rings. The number of likely N-dealkylation sites (N-methyl/N-ethyl adjacent to an activating group) is 1. The summed E-state index contributed by atoms with van der Waals surface area (Å²) in [6.07, 6.45) is 2.63. The van der Waals surface area contributed by atoms with Crippen molar-refractivity contribution in [2.75, 3.05) is 39.8 Å². The quantitative estimate of drug-likeness (QED) is 0.324. The number of rotatable bonds is 10. The number of ether oxygens (including phenoxy) is 1. The van der Waals surface area contributed by atoms with Gasteiger partial charge < -0.3 is 14.5 Å². The van der Waals surface area contributed by atoms with Crippen molar-refractivity contribution in [2.45, 2.75) is 49.1 Å². The molecule has 0 radical (unpaired) electrons. The molecule has 218 valence electrons. The van der Waals surface area contributed by atoms with Crippen LogP contribution in [0.2, 0.25) is 0 Å². The zero-order valence-electron chi connectivity index (χ0n) is 24.1. The van der Waals surface area contributed by atoms with Crippen molar-refractivity contribution in [3.63, 3.8) is 0 Å². The number of hydrogen-bond acceptors (Lipinski definition) is 5. The molecule has 3 aromatic carbocycles. The Morgan fingerprint density at radius 1 is 0.927 bits per heavy atom. The Balaban J connectivity index is 1.25. The van der Waals surface area contributed by atoms with Crippen LogP contribution in [0.1, 0.15) is 37.3 Å². The van der Waals surface area contributed by atoms with Crippen LogP contribution in [0.4, 0.5) is 4.79 Å². The van der Waals surface area contributed by atoms with E-state index in [1.54, 1.807) is 31.3 Å². The maximum Gasteiger partial charge on any atom is 0.410 e. The Bertz CT molecular complexity index is 1390. The van der Waals surface area contributed by atoms with E-state index in [-0.39, 0.29) is 18.7 Å². The standard InChI is InChI=1S/C33H41N3O4S/c1-33(29-14-8-4-9-15-29,26-34(2)41(38,39)30-16-10-5-11-17-30)20-23-35-21-18-28-19-22-36(31(28)24-35)32(37)40-25-27-12-6-3-7-13-27/h3-17,28,31H,18-26H2,1-2H3/t28?,31?,33-/m1/s1. The Morgan fingerprint density at radius 3 is 2.22 bits per heavy atom. The van der Waals surface area contributed by atoms with Gasteiger partial charge >= 0.3 is 6.09 Å². The molecule has 7 nitrogen and oxygen atoms in total. The highest BCUT2D eigenvalue weighted by molar-refractivity contribution is 7.89. The lowest BCUT2D eigenvalue weighted by molar-refractivity contribution is 0.0628. The van der Waals surface area contributed by atoms with Gasteiger partial charge in [0.25, 0.3) is 0 Å². The fourth-order valence-corrected chi connectivity index (χ4v) is 7.66. The number of carbonyl (C=O) groups excluding carboxylic acids is 1. The van der Waals surface area contributed by atoms with Gasteiger partial charge in [-0.25, -0.2) is 17.5 Å². The lowest BCUT2D eigenvalue weighted by Gasteiger charge is -2.40. The van der Waals surface area contributed by atoms with Gasteiger partial charge in [0.05, 0.1) is 10.9 Å². The molecule has 5 rings (SSSR count). The predicted octanol–water partition coefficient (Wildman–Crippen LogP) is 5.39. The number of likely N-dealkylation sites (tertiary alicyclic amines) is 2. The summed E-state index contributed by atoms with van der Waals surface area (Å²) in [6, 6.07) is 28.8. The molecule has 0 N–H and O–H groups in total.